The van der Waals surface area contributed by atoms with Crippen molar-refractivity contribution in [3.05, 3.63) is 11.8 Å². The lowest BCUT2D eigenvalue weighted by Gasteiger charge is -2.10. The van der Waals surface area contributed by atoms with Gasteiger partial charge in [0.15, 0.2) is 21.1 Å². The minimum atomic E-state index is -3.80. The minimum Gasteiger partial charge on any atom is -0.298 e. The molecule has 1 heterocycles. The van der Waals surface area contributed by atoms with Crippen molar-refractivity contribution in [2.75, 3.05) is 5.75 Å². The summed E-state index contributed by atoms with van der Waals surface area (Å²) >= 11 is 0. The molecule has 0 amide bonds. The fraction of sp³-hybridized carbons (Fsp3) is 0.636. The Morgan fingerprint density at radius 2 is 2.05 bits per heavy atom. The first-order valence-electron chi connectivity index (χ1n) is 5.79. The van der Waals surface area contributed by atoms with Crippen LogP contribution in [0.5, 0.6) is 0 Å². The normalized spacial score (nSPS) is 12.3. The maximum Gasteiger partial charge on any atom is 0.257 e. The number of hydrogen-bond donors (Lipinski definition) is 0. The van der Waals surface area contributed by atoms with Crippen molar-refractivity contribution in [3.8, 4) is 0 Å². The van der Waals surface area contributed by atoms with Gasteiger partial charge in [-0.15, -0.1) is 0 Å². The van der Waals surface area contributed by atoms with Gasteiger partial charge in [0.2, 0.25) is 0 Å². The summed E-state index contributed by atoms with van der Waals surface area (Å²) < 4.78 is 49.7. The molecule has 0 aliphatic heterocycles. The average Bonchev–Trinajstić information content (AvgIpc) is 2.69. The molecule has 1 aromatic heterocycles. The zero-order valence-corrected chi connectivity index (χ0v) is 11.5. The molecule has 0 saturated heterocycles. The molecule has 0 aliphatic rings. The second kappa shape index (κ2) is 6.23. The molecule has 0 bridgehead atoms. The average molecular weight is 294 g/mol. The van der Waals surface area contributed by atoms with Gasteiger partial charge in [0.1, 0.15) is 6.54 Å². The van der Waals surface area contributed by atoms with Crippen molar-refractivity contribution in [2.24, 2.45) is 5.92 Å². The first kappa shape index (κ1) is 15.7. The number of rotatable bonds is 7. The van der Waals surface area contributed by atoms with E-state index in [1.807, 2.05) is 13.8 Å². The van der Waals surface area contributed by atoms with Crippen LogP contribution in [0.4, 0.5) is 8.78 Å². The highest BCUT2D eigenvalue weighted by Crippen LogP contribution is 2.19. The van der Waals surface area contributed by atoms with Gasteiger partial charge in [-0.2, -0.15) is 5.10 Å². The van der Waals surface area contributed by atoms with E-state index < -0.39 is 27.8 Å². The van der Waals surface area contributed by atoms with Gasteiger partial charge >= 0.3 is 0 Å². The SMILES string of the molecule is CC(C)CCS(=O)(=O)c1c(C=O)cnn1CC(F)F. The van der Waals surface area contributed by atoms with Crippen LogP contribution in [0.3, 0.4) is 0 Å². The number of aromatic nitrogens is 2. The molecule has 0 aromatic carbocycles. The third-order valence-electron chi connectivity index (χ3n) is 2.51. The number of hydrogen-bond acceptors (Lipinski definition) is 4. The molecule has 5 nitrogen and oxygen atoms in total. The number of sulfone groups is 1. The number of carbonyl (C=O) groups is 1. The minimum absolute atomic E-state index is 0.154. The molecular weight excluding hydrogens is 278 g/mol. The number of alkyl halides is 2. The van der Waals surface area contributed by atoms with Crippen molar-refractivity contribution in [3.63, 3.8) is 0 Å². The van der Waals surface area contributed by atoms with E-state index in [4.69, 9.17) is 0 Å². The second-order valence-electron chi connectivity index (χ2n) is 4.60. The van der Waals surface area contributed by atoms with E-state index in [0.29, 0.717) is 17.4 Å². The predicted molar refractivity (Wildman–Crippen MR) is 65.1 cm³/mol. The largest absolute Gasteiger partial charge is 0.298 e. The molecule has 0 spiro atoms. The van der Waals surface area contributed by atoms with Gasteiger partial charge in [0, 0.05) is 0 Å². The molecule has 0 saturated carbocycles. The first-order chi connectivity index (χ1) is 8.77. The first-order valence-corrected chi connectivity index (χ1v) is 7.45. The summed E-state index contributed by atoms with van der Waals surface area (Å²) in [5.74, 6) is -0.0404. The van der Waals surface area contributed by atoms with E-state index in [2.05, 4.69) is 5.10 Å². The topological polar surface area (TPSA) is 69.0 Å². The molecule has 0 radical (unpaired) electrons. The Morgan fingerprint density at radius 3 is 2.53 bits per heavy atom. The van der Waals surface area contributed by atoms with Crippen molar-refractivity contribution in [1.29, 1.82) is 0 Å². The van der Waals surface area contributed by atoms with Gasteiger partial charge in [-0.25, -0.2) is 21.9 Å². The van der Waals surface area contributed by atoms with Gasteiger partial charge in [-0.1, -0.05) is 13.8 Å². The van der Waals surface area contributed by atoms with E-state index in [9.17, 15) is 22.0 Å². The number of nitrogens with zero attached hydrogens (tertiary/aromatic N) is 2. The van der Waals surface area contributed by atoms with Crippen LogP contribution in [-0.4, -0.2) is 36.7 Å². The highest BCUT2D eigenvalue weighted by atomic mass is 32.2. The summed E-state index contributed by atoms with van der Waals surface area (Å²) in [6.07, 6.45) is -1.03. The highest BCUT2D eigenvalue weighted by Gasteiger charge is 2.26. The quantitative estimate of drug-likeness (QED) is 0.719. The lowest BCUT2D eigenvalue weighted by atomic mass is 10.2. The Morgan fingerprint density at radius 1 is 1.42 bits per heavy atom. The van der Waals surface area contributed by atoms with Crippen molar-refractivity contribution in [1.82, 2.24) is 9.78 Å². The highest BCUT2D eigenvalue weighted by molar-refractivity contribution is 7.91. The number of carbonyl (C=O) groups excluding carboxylic acids is 1. The van der Waals surface area contributed by atoms with Crippen LogP contribution in [0.25, 0.3) is 0 Å². The van der Waals surface area contributed by atoms with Crippen LogP contribution in [0.2, 0.25) is 0 Å². The zero-order valence-electron chi connectivity index (χ0n) is 10.7. The Balaban J connectivity index is 3.15. The fourth-order valence-corrected chi connectivity index (χ4v) is 3.44. The van der Waals surface area contributed by atoms with Crippen LogP contribution < -0.4 is 0 Å². The van der Waals surface area contributed by atoms with Gasteiger partial charge in [0.25, 0.3) is 6.43 Å². The molecule has 1 rings (SSSR count). The Bertz CT molecular complexity index is 538. The molecule has 1 aromatic rings. The predicted octanol–water partition coefficient (Wildman–Crippen LogP) is 1.78. The molecule has 0 atom stereocenters. The molecule has 0 unspecified atom stereocenters. The summed E-state index contributed by atoms with van der Waals surface area (Å²) in [4.78, 5) is 10.8. The van der Waals surface area contributed by atoms with Gasteiger partial charge in [0.05, 0.1) is 17.5 Å². The van der Waals surface area contributed by atoms with Gasteiger partial charge < -0.3 is 0 Å². The third-order valence-corrected chi connectivity index (χ3v) is 4.32. The van der Waals surface area contributed by atoms with Crippen molar-refractivity contribution < 1.29 is 22.0 Å². The summed E-state index contributed by atoms with van der Waals surface area (Å²) in [7, 11) is -3.80. The molecule has 0 N–H and O–H groups in total. The lowest BCUT2D eigenvalue weighted by molar-refractivity contribution is 0.110. The summed E-state index contributed by atoms with van der Waals surface area (Å²) in [5.41, 5.74) is -0.176. The Kier molecular flexibility index (Phi) is 5.16. The van der Waals surface area contributed by atoms with Gasteiger partial charge in [-0.3, -0.25) is 4.79 Å². The number of aldehydes is 1. The van der Waals surface area contributed by atoms with E-state index in [0.717, 1.165) is 6.20 Å². The lowest BCUT2D eigenvalue weighted by Crippen LogP contribution is -2.19. The van der Waals surface area contributed by atoms with Crippen LogP contribution in [0.1, 0.15) is 30.6 Å². The molecular formula is C11H16F2N2O3S. The van der Waals surface area contributed by atoms with Crippen LogP contribution >= 0.6 is 0 Å². The number of halogens is 2. The third kappa shape index (κ3) is 4.09. The van der Waals surface area contributed by atoms with Crippen molar-refractivity contribution in [2.45, 2.75) is 38.3 Å². The summed E-state index contributed by atoms with van der Waals surface area (Å²) in [6.45, 7) is 2.86. The molecule has 8 heteroatoms. The molecule has 0 fully saturated rings. The van der Waals surface area contributed by atoms with Crippen LogP contribution in [0, 0.1) is 5.92 Å². The van der Waals surface area contributed by atoms with Crippen molar-refractivity contribution >= 4 is 16.1 Å². The fourth-order valence-electron chi connectivity index (χ4n) is 1.56. The van der Waals surface area contributed by atoms with E-state index in [-0.39, 0.29) is 17.2 Å². The van der Waals surface area contributed by atoms with Crippen LogP contribution in [0.15, 0.2) is 11.2 Å². The molecule has 108 valence electrons. The zero-order chi connectivity index (χ0) is 14.6. The van der Waals surface area contributed by atoms with Crippen LogP contribution in [-0.2, 0) is 16.4 Å². The Hall–Kier alpha value is -1.31. The van der Waals surface area contributed by atoms with E-state index >= 15 is 0 Å². The van der Waals surface area contributed by atoms with Gasteiger partial charge in [-0.05, 0) is 12.3 Å². The van der Waals surface area contributed by atoms with E-state index in [1.54, 1.807) is 0 Å². The maximum absolute atomic E-state index is 12.4. The molecule has 0 aliphatic carbocycles. The summed E-state index contributed by atoms with van der Waals surface area (Å²) in [6, 6.07) is 0. The standard InChI is InChI=1S/C11H16F2N2O3S/c1-8(2)3-4-19(17,18)11-9(7-16)5-14-15(11)6-10(12)13/h5,7-8,10H,3-4,6H2,1-2H3. The maximum atomic E-state index is 12.4. The molecule has 19 heavy (non-hydrogen) atoms. The monoisotopic (exact) mass is 294 g/mol. The smallest absolute Gasteiger partial charge is 0.257 e. The Labute approximate surface area is 110 Å². The second-order valence-corrected chi connectivity index (χ2v) is 6.62. The van der Waals surface area contributed by atoms with E-state index in [1.165, 1.54) is 0 Å². The summed E-state index contributed by atoms with van der Waals surface area (Å²) in [5, 5.41) is 3.13.